The lowest BCUT2D eigenvalue weighted by molar-refractivity contribution is -0.131. The van der Waals surface area contributed by atoms with E-state index in [0.717, 1.165) is 12.2 Å². The molecule has 0 radical (unpaired) electrons. The van der Waals surface area contributed by atoms with Crippen molar-refractivity contribution in [2.24, 2.45) is 0 Å². The molecule has 0 atom stereocenters. The third-order valence-electron chi connectivity index (χ3n) is 3.40. The largest absolute Gasteiger partial charge is 0.467 e. The van der Waals surface area contributed by atoms with E-state index in [1.165, 1.54) is 11.1 Å². The molecule has 4 heteroatoms. The van der Waals surface area contributed by atoms with Gasteiger partial charge in [0.05, 0.1) is 19.4 Å². The predicted molar refractivity (Wildman–Crippen MR) is 82.9 cm³/mol. The number of hydrogen-bond donors (Lipinski definition) is 1. The number of carbonyl (C=O) groups excluding carboxylic acids is 1. The highest BCUT2D eigenvalue weighted by Gasteiger charge is 2.14. The van der Waals surface area contributed by atoms with Crippen LogP contribution in [0.2, 0.25) is 0 Å². The second-order valence-electron chi connectivity index (χ2n) is 5.16. The zero-order valence-electron chi connectivity index (χ0n) is 12.6. The number of nitrogens with one attached hydrogen (secondary N) is 1. The standard InChI is InChI=1S/C17H22N2O2/c1-14-5-7-15(8-6-14)9-10-19(17(20)12-18-2)13-16-4-3-11-21-16/h3-8,11,18H,9-10,12-13H2,1-2H3. The number of hydrogen-bond acceptors (Lipinski definition) is 3. The summed E-state index contributed by atoms with van der Waals surface area (Å²) >= 11 is 0. The molecule has 0 spiro atoms. The molecular weight excluding hydrogens is 264 g/mol. The van der Waals surface area contributed by atoms with Crippen LogP contribution in [0.15, 0.2) is 47.1 Å². The summed E-state index contributed by atoms with van der Waals surface area (Å²) in [4.78, 5) is 14.0. The predicted octanol–water partition coefficient (Wildman–Crippen LogP) is 2.38. The minimum absolute atomic E-state index is 0.0843. The molecule has 2 rings (SSSR count). The van der Waals surface area contributed by atoms with Crippen LogP contribution in [0.4, 0.5) is 0 Å². The van der Waals surface area contributed by atoms with Crippen molar-refractivity contribution in [1.29, 1.82) is 0 Å². The number of likely N-dealkylation sites (N-methyl/N-ethyl adjacent to an activating group) is 1. The van der Waals surface area contributed by atoms with Gasteiger partial charge in [0.1, 0.15) is 5.76 Å². The molecule has 0 fully saturated rings. The summed E-state index contributed by atoms with van der Waals surface area (Å²) in [5, 5.41) is 2.91. The molecule has 0 aliphatic carbocycles. The van der Waals surface area contributed by atoms with Gasteiger partial charge in [0, 0.05) is 6.54 Å². The van der Waals surface area contributed by atoms with Crippen molar-refractivity contribution < 1.29 is 9.21 Å². The van der Waals surface area contributed by atoms with Gasteiger partial charge in [-0.3, -0.25) is 4.79 Å². The number of carbonyl (C=O) groups is 1. The molecule has 0 saturated heterocycles. The zero-order valence-corrected chi connectivity index (χ0v) is 12.6. The molecule has 0 bridgehead atoms. The van der Waals surface area contributed by atoms with Crippen molar-refractivity contribution in [1.82, 2.24) is 10.2 Å². The van der Waals surface area contributed by atoms with Crippen LogP contribution in [-0.2, 0) is 17.8 Å². The van der Waals surface area contributed by atoms with Gasteiger partial charge in [0.25, 0.3) is 0 Å². The quantitative estimate of drug-likeness (QED) is 0.850. The summed E-state index contributed by atoms with van der Waals surface area (Å²) in [6.07, 6.45) is 2.48. The molecule has 0 unspecified atom stereocenters. The van der Waals surface area contributed by atoms with E-state index in [2.05, 4.69) is 36.5 Å². The molecule has 0 saturated carbocycles. The second-order valence-corrected chi connectivity index (χ2v) is 5.16. The SMILES string of the molecule is CNCC(=O)N(CCc1ccc(C)cc1)Cc1ccco1. The fourth-order valence-electron chi connectivity index (χ4n) is 2.16. The second kappa shape index (κ2) is 7.64. The van der Waals surface area contributed by atoms with Crippen LogP contribution >= 0.6 is 0 Å². The Balaban J connectivity index is 1.97. The number of nitrogens with zero attached hydrogens (tertiary/aromatic N) is 1. The molecule has 2 aromatic rings. The van der Waals surface area contributed by atoms with Crippen LogP contribution in [0.5, 0.6) is 0 Å². The maximum atomic E-state index is 12.2. The van der Waals surface area contributed by atoms with Crippen molar-refractivity contribution in [3.8, 4) is 0 Å². The van der Waals surface area contributed by atoms with Crippen LogP contribution in [0.25, 0.3) is 0 Å². The van der Waals surface area contributed by atoms with E-state index in [-0.39, 0.29) is 5.91 Å². The first kappa shape index (κ1) is 15.3. The Labute approximate surface area is 125 Å². The van der Waals surface area contributed by atoms with Crippen molar-refractivity contribution in [2.45, 2.75) is 19.9 Å². The summed E-state index contributed by atoms with van der Waals surface area (Å²) in [5.41, 5.74) is 2.49. The molecule has 1 N–H and O–H groups in total. The van der Waals surface area contributed by atoms with Crippen molar-refractivity contribution in [2.75, 3.05) is 20.1 Å². The van der Waals surface area contributed by atoms with E-state index in [4.69, 9.17) is 4.42 Å². The fraction of sp³-hybridized carbons (Fsp3) is 0.353. The monoisotopic (exact) mass is 286 g/mol. The van der Waals surface area contributed by atoms with Crippen LogP contribution in [0, 0.1) is 6.92 Å². The van der Waals surface area contributed by atoms with Crippen LogP contribution < -0.4 is 5.32 Å². The van der Waals surface area contributed by atoms with Gasteiger partial charge in [-0.1, -0.05) is 29.8 Å². The first-order valence-electron chi connectivity index (χ1n) is 7.19. The minimum atomic E-state index is 0.0843. The van der Waals surface area contributed by atoms with Gasteiger partial charge < -0.3 is 14.6 Å². The van der Waals surface area contributed by atoms with E-state index in [1.807, 2.05) is 17.0 Å². The van der Waals surface area contributed by atoms with E-state index < -0.39 is 0 Å². The lowest BCUT2D eigenvalue weighted by atomic mass is 10.1. The van der Waals surface area contributed by atoms with Crippen LogP contribution in [0.1, 0.15) is 16.9 Å². The molecule has 21 heavy (non-hydrogen) atoms. The summed E-state index contributed by atoms with van der Waals surface area (Å²) in [6, 6.07) is 12.2. The number of benzene rings is 1. The Bertz CT molecular complexity index is 547. The Kier molecular flexibility index (Phi) is 5.58. The normalized spacial score (nSPS) is 10.6. The molecule has 1 aromatic carbocycles. The first-order valence-corrected chi connectivity index (χ1v) is 7.19. The van der Waals surface area contributed by atoms with Crippen molar-refractivity contribution in [3.05, 3.63) is 59.5 Å². The van der Waals surface area contributed by atoms with Crippen molar-refractivity contribution in [3.63, 3.8) is 0 Å². The Hall–Kier alpha value is -2.07. The van der Waals surface area contributed by atoms with Gasteiger partial charge in [0.15, 0.2) is 0 Å². The molecule has 1 heterocycles. The number of amides is 1. The van der Waals surface area contributed by atoms with Gasteiger partial charge in [-0.15, -0.1) is 0 Å². The summed E-state index contributed by atoms with van der Waals surface area (Å²) in [5.74, 6) is 0.893. The van der Waals surface area contributed by atoms with Gasteiger partial charge in [-0.05, 0) is 38.1 Å². The zero-order chi connectivity index (χ0) is 15.1. The lowest BCUT2D eigenvalue weighted by Gasteiger charge is -2.21. The maximum Gasteiger partial charge on any atom is 0.236 e. The van der Waals surface area contributed by atoms with Gasteiger partial charge >= 0.3 is 0 Å². The Morgan fingerprint density at radius 3 is 2.62 bits per heavy atom. The molecule has 112 valence electrons. The molecular formula is C17H22N2O2. The van der Waals surface area contributed by atoms with E-state index in [0.29, 0.717) is 19.6 Å². The third-order valence-corrected chi connectivity index (χ3v) is 3.40. The molecule has 1 amide bonds. The highest BCUT2D eigenvalue weighted by Crippen LogP contribution is 2.09. The minimum Gasteiger partial charge on any atom is -0.467 e. The molecule has 1 aromatic heterocycles. The number of furan rings is 1. The molecule has 4 nitrogen and oxygen atoms in total. The number of rotatable bonds is 7. The summed E-state index contributed by atoms with van der Waals surface area (Å²) in [6.45, 7) is 3.61. The Morgan fingerprint density at radius 2 is 2.00 bits per heavy atom. The van der Waals surface area contributed by atoms with Gasteiger partial charge in [-0.25, -0.2) is 0 Å². The average Bonchev–Trinajstić information content (AvgIpc) is 2.98. The maximum absolute atomic E-state index is 12.2. The highest BCUT2D eigenvalue weighted by atomic mass is 16.3. The van der Waals surface area contributed by atoms with Crippen LogP contribution in [0.3, 0.4) is 0 Å². The van der Waals surface area contributed by atoms with Gasteiger partial charge in [-0.2, -0.15) is 0 Å². The molecule has 0 aliphatic rings. The smallest absolute Gasteiger partial charge is 0.236 e. The van der Waals surface area contributed by atoms with Crippen LogP contribution in [-0.4, -0.2) is 30.9 Å². The first-order chi connectivity index (χ1) is 10.2. The lowest BCUT2D eigenvalue weighted by Crippen LogP contribution is -2.37. The number of aryl methyl sites for hydroxylation is 1. The average molecular weight is 286 g/mol. The fourth-order valence-corrected chi connectivity index (χ4v) is 2.16. The van der Waals surface area contributed by atoms with E-state index in [1.54, 1.807) is 13.3 Å². The van der Waals surface area contributed by atoms with E-state index in [9.17, 15) is 4.79 Å². The Morgan fingerprint density at radius 1 is 1.24 bits per heavy atom. The van der Waals surface area contributed by atoms with Gasteiger partial charge in [0.2, 0.25) is 5.91 Å². The van der Waals surface area contributed by atoms with Crippen molar-refractivity contribution >= 4 is 5.91 Å². The highest BCUT2D eigenvalue weighted by molar-refractivity contribution is 5.78. The van der Waals surface area contributed by atoms with E-state index >= 15 is 0 Å². The summed E-state index contributed by atoms with van der Waals surface area (Å²) < 4.78 is 5.35. The topological polar surface area (TPSA) is 45.5 Å². The molecule has 0 aliphatic heterocycles. The summed E-state index contributed by atoms with van der Waals surface area (Å²) in [7, 11) is 1.78. The third kappa shape index (κ3) is 4.76.